The van der Waals surface area contributed by atoms with Gasteiger partial charge in [-0.25, -0.2) is 4.39 Å². The molecule has 0 fully saturated rings. The van der Waals surface area contributed by atoms with Crippen LogP contribution in [-0.2, 0) is 4.79 Å². The predicted octanol–water partition coefficient (Wildman–Crippen LogP) is 7.56. The molecular weight excluding hydrogens is 465 g/mol. The molecule has 0 aliphatic rings. The fraction of sp³-hybridized carbons (Fsp3) is 0.0938. The Morgan fingerprint density at radius 1 is 0.919 bits per heavy atom. The molecule has 4 nitrogen and oxygen atoms in total. The highest BCUT2D eigenvalue weighted by molar-refractivity contribution is 6.00. The summed E-state index contributed by atoms with van der Waals surface area (Å²) in [7, 11) is 1.59. The number of rotatable bonds is 7. The highest BCUT2D eigenvalue weighted by Crippen LogP contribution is 2.37. The third kappa shape index (κ3) is 5.16. The summed E-state index contributed by atoms with van der Waals surface area (Å²) < 4.78 is 24.8. The number of carbonyl (C=O) groups is 1. The summed E-state index contributed by atoms with van der Waals surface area (Å²) in [6, 6.07) is 29.5. The van der Waals surface area contributed by atoms with Gasteiger partial charge in [0.05, 0.1) is 19.4 Å². The standard InChI is InChI=1S/C32H26FNO3/c1-21(17-31(35)34-32(23-9-5-3-6-10-23)24-11-7-4-8-12-24)26-18-27-28(22-13-15-25(33)16-14-22)20-37-30(27)19-29(26)36-2/h3-20,32H,1-2H3,(H,34,35)/b21-17+. The summed E-state index contributed by atoms with van der Waals surface area (Å²) in [4.78, 5) is 13.2. The Bertz CT molecular complexity index is 1520. The normalized spacial score (nSPS) is 11.6. The molecule has 1 amide bonds. The van der Waals surface area contributed by atoms with Gasteiger partial charge in [0.15, 0.2) is 0 Å². The summed E-state index contributed by atoms with van der Waals surface area (Å²) in [5.74, 6) is 0.0769. The van der Waals surface area contributed by atoms with E-state index in [2.05, 4.69) is 5.32 Å². The first-order chi connectivity index (χ1) is 18.0. The van der Waals surface area contributed by atoms with Gasteiger partial charge in [0.2, 0.25) is 5.91 Å². The van der Waals surface area contributed by atoms with Crippen molar-refractivity contribution in [2.45, 2.75) is 13.0 Å². The van der Waals surface area contributed by atoms with E-state index in [1.165, 1.54) is 12.1 Å². The number of carbonyl (C=O) groups excluding carboxylic acids is 1. The van der Waals surface area contributed by atoms with Gasteiger partial charge in [-0.15, -0.1) is 0 Å². The molecule has 0 bridgehead atoms. The van der Waals surface area contributed by atoms with Gasteiger partial charge in [-0.3, -0.25) is 4.79 Å². The van der Waals surface area contributed by atoms with Crippen LogP contribution in [0.25, 0.3) is 27.7 Å². The zero-order valence-corrected chi connectivity index (χ0v) is 20.6. The van der Waals surface area contributed by atoms with E-state index >= 15 is 0 Å². The summed E-state index contributed by atoms with van der Waals surface area (Å²) in [6.45, 7) is 1.88. The number of halogens is 1. The molecule has 0 aliphatic heterocycles. The lowest BCUT2D eigenvalue weighted by molar-refractivity contribution is -0.116. The molecule has 184 valence electrons. The lowest BCUT2D eigenvalue weighted by Gasteiger charge is -2.19. The van der Waals surface area contributed by atoms with E-state index in [0.29, 0.717) is 11.3 Å². The van der Waals surface area contributed by atoms with Crippen molar-refractivity contribution in [3.05, 3.63) is 132 Å². The van der Waals surface area contributed by atoms with Gasteiger partial charge in [0, 0.05) is 28.7 Å². The molecule has 5 aromatic rings. The zero-order chi connectivity index (χ0) is 25.8. The predicted molar refractivity (Wildman–Crippen MR) is 145 cm³/mol. The van der Waals surface area contributed by atoms with E-state index in [-0.39, 0.29) is 17.8 Å². The van der Waals surface area contributed by atoms with Crippen LogP contribution in [0.3, 0.4) is 0 Å². The Labute approximate surface area is 215 Å². The number of allylic oxidation sites excluding steroid dienone is 1. The van der Waals surface area contributed by atoms with Crippen molar-refractivity contribution < 1.29 is 18.3 Å². The second-order valence-electron chi connectivity index (χ2n) is 8.80. The van der Waals surface area contributed by atoms with Gasteiger partial charge >= 0.3 is 0 Å². The third-order valence-electron chi connectivity index (χ3n) is 6.38. The van der Waals surface area contributed by atoms with E-state index in [1.54, 1.807) is 31.6 Å². The first-order valence-corrected chi connectivity index (χ1v) is 12.0. The van der Waals surface area contributed by atoms with Crippen molar-refractivity contribution in [2.75, 3.05) is 7.11 Å². The van der Waals surface area contributed by atoms with Crippen LogP contribution < -0.4 is 10.1 Å². The molecule has 0 aliphatic carbocycles. The van der Waals surface area contributed by atoms with Crippen molar-refractivity contribution in [1.82, 2.24) is 5.32 Å². The Morgan fingerprint density at radius 3 is 2.14 bits per heavy atom. The number of benzene rings is 4. The van der Waals surface area contributed by atoms with E-state index in [1.807, 2.05) is 79.7 Å². The zero-order valence-electron chi connectivity index (χ0n) is 20.6. The van der Waals surface area contributed by atoms with Gasteiger partial charge < -0.3 is 14.5 Å². The Morgan fingerprint density at radius 2 is 1.54 bits per heavy atom. The highest BCUT2D eigenvalue weighted by atomic mass is 19.1. The molecule has 0 unspecified atom stereocenters. The molecule has 0 saturated carbocycles. The Hall–Kier alpha value is -4.64. The van der Waals surface area contributed by atoms with Crippen LogP contribution in [-0.4, -0.2) is 13.0 Å². The minimum absolute atomic E-state index is 0.219. The van der Waals surface area contributed by atoms with Crippen molar-refractivity contribution in [1.29, 1.82) is 0 Å². The lowest BCUT2D eigenvalue weighted by atomic mass is 9.98. The quantitative estimate of drug-likeness (QED) is 0.239. The number of ether oxygens (including phenoxy) is 1. The number of nitrogens with one attached hydrogen (secondary N) is 1. The molecule has 0 spiro atoms. The van der Waals surface area contributed by atoms with E-state index in [9.17, 15) is 9.18 Å². The molecule has 4 aromatic carbocycles. The summed E-state index contributed by atoms with van der Waals surface area (Å²) >= 11 is 0. The van der Waals surface area contributed by atoms with Crippen LogP contribution in [0.1, 0.15) is 29.7 Å². The van der Waals surface area contributed by atoms with Crippen LogP contribution in [0.15, 0.2) is 114 Å². The van der Waals surface area contributed by atoms with Crippen molar-refractivity contribution >= 4 is 22.4 Å². The number of hydrogen-bond acceptors (Lipinski definition) is 3. The number of fused-ring (bicyclic) bond motifs is 1. The van der Waals surface area contributed by atoms with Crippen molar-refractivity contribution in [2.24, 2.45) is 0 Å². The number of methoxy groups -OCH3 is 1. The molecule has 37 heavy (non-hydrogen) atoms. The molecule has 1 N–H and O–H groups in total. The summed E-state index contributed by atoms with van der Waals surface area (Å²) in [6.07, 6.45) is 3.23. The summed E-state index contributed by atoms with van der Waals surface area (Å²) in [5.41, 5.74) is 5.82. The molecule has 0 atom stereocenters. The first kappa shape index (κ1) is 24.1. The summed E-state index contributed by atoms with van der Waals surface area (Å²) in [5, 5.41) is 4.00. The average Bonchev–Trinajstić information content (AvgIpc) is 3.35. The van der Waals surface area contributed by atoms with Gasteiger partial charge in [-0.1, -0.05) is 72.8 Å². The van der Waals surface area contributed by atoms with E-state index < -0.39 is 0 Å². The molecular formula is C32H26FNO3. The number of furan rings is 1. The average molecular weight is 492 g/mol. The van der Waals surface area contributed by atoms with Crippen molar-refractivity contribution in [3.63, 3.8) is 0 Å². The number of amides is 1. The molecule has 5 heteroatoms. The smallest absolute Gasteiger partial charge is 0.245 e. The highest BCUT2D eigenvalue weighted by Gasteiger charge is 2.18. The monoisotopic (exact) mass is 491 g/mol. The minimum atomic E-state index is -0.298. The van der Waals surface area contributed by atoms with Crippen molar-refractivity contribution in [3.8, 4) is 16.9 Å². The van der Waals surface area contributed by atoms with Crippen LogP contribution in [0.2, 0.25) is 0 Å². The largest absolute Gasteiger partial charge is 0.496 e. The van der Waals surface area contributed by atoms with Crippen LogP contribution >= 0.6 is 0 Å². The Balaban J connectivity index is 1.49. The maximum atomic E-state index is 13.5. The van der Waals surface area contributed by atoms with Crippen LogP contribution in [0.4, 0.5) is 4.39 Å². The molecule has 0 radical (unpaired) electrons. The third-order valence-corrected chi connectivity index (χ3v) is 6.38. The van der Waals surface area contributed by atoms with Crippen LogP contribution in [0.5, 0.6) is 5.75 Å². The fourth-order valence-corrected chi connectivity index (χ4v) is 4.49. The second kappa shape index (κ2) is 10.5. The van der Waals surface area contributed by atoms with Gasteiger partial charge in [-0.05, 0) is 47.4 Å². The minimum Gasteiger partial charge on any atom is -0.496 e. The van der Waals surface area contributed by atoms with Gasteiger partial charge in [0.1, 0.15) is 17.1 Å². The van der Waals surface area contributed by atoms with E-state index in [4.69, 9.17) is 9.15 Å². The molecule has 1 heterocycles. The second-order valence-corrected chi connectivity index (χ2v) is 8.80. The van der Waals surface area contributed by atoms with Gasteiger partial charge in [0.25, 0.3) is 0 Å². The Kier molecular flexibility index (Phi) is 6.86. The topological polar surface area (TPSA) is 51.5 Å². The van der Waals surface area contributed by atoms with E-state index in [0.717, 1.165) is 38.8 Å². The SMILES string of the molecule is COc1cc2occ(-c3ccc(F)cc3)c2cc1/C(C)=C/C(=O)NC(c1ccccc1)c1ccccc1. The molecule has 5 rings (SSSR count). The molecule has 1 aromatic heterocycles. The lowest BCUT2D eigenvalue weighted by Crippen LogP contribution is -2.27. The maximum Gasteiger partial charge on any atom is 0.245 e. The maximum absolute atomic E-state index is 13.5. The fourth-order valence-electron chi connectivity index (χ4n) is 4.49. The van der Waals surface area contributed by atoms with Gasteiger partial charge in [-0.2, -0.15) is 0 Å². The number of hydrogen-bond donors (Lipinski definition) is 1. The molecule has 0 saturated heterocycles. The first-order valence-electron chi connectivity index (χ1n) is 12.0. The van der Waals surface area contributed by atoms with Crippen LogP contribution in [0, 0.1) is 5.82 Å².